The molecule has 0 spiro atoms. The standard InChI is InChI=1S/C19H29NO/c21-19(15-17-9-3-1-4-10-17)12-6-5-11-18(19)16-20-13-7-2-8-14-20/h1,3-4,9-10,18,21H,2,5-8,11-16H2. The first-order valence-corrected chi connectivity index (χ1v) is 8.75. The lowest BCUT2D eigenvalue weighted by molar-refractivity contribution is -0.0604. The summed E-state index contributed by atoms with van der Waals surface area (Å²) in [6.07, 6.45) is 9.52. The predicted molar refractivity (Wildman–Crippen MR) is 87.3 cm³/mol. The predicted octanol–water partition coefficient (Wildman–Crippen LogP) is 3.64. The Morgan fingerprint density at radius 1 is 1.00 bits per heavy atom. The third-order valence-electron chi connectivity index (χ3n) is 5.45. The van der Waals surface area contributed by atoms with Crippen molar-refractivity contribution in [1.29, 1.82) is 0 Å². The van der Waals surface area contributed by atoms with Gasteiger partial charge >= 0.3 is 0 Å². The molecular formula is C19H29NO. The molecule has 1 aromatic rings. The van der Waals surface area contributed by atoms with Gasteiger partial charge in [0.25, 0.3) is 0 Å². The van der Waals surface area contributed by atoms with Crippen LogP contribution < -0.4 is 0 Å². The van der Waals surface area contributed by atoms with Gasteiger partial charge in [-0.05, 0) is 44.3 Å². The average Bonchev–Trinajstić information content (AvgIpc) is 2.52. The zero-order valence-corrected chi connectivity index (χ0v) is 13.1. The first kappa shape index (κ1) is 15.1. The third-order valence-corrected chi connectivity index (χ3v) is 5.45. The van der Waals surface area contributed by atoms with Gasteiger partial charge in [0.05, 0.1) is 5.60 Å². The molecule has 2 unspecified atom stereocenters. The van der Waals surface area contributed by atoms with Crippen molar-refractivity contribution in [2.24, 2.45) is 5.92 Å². The van der Waals surface area contributed by atoms with E-state index >= 15 is 0 Å². The molecule has 1 heterocycles. The highest BCUT2D eigenvalue weighted by atomic mass is 16.3. The van der Waals surface area contributed by atoms with Crippen LogP contribution in [0.15, 0.2) is 30.3 Å². The van der Waals surface area contributed by atoms with E-state index < -0.39 is 5.60 Å². The maximum Gasteiger partial charge on any atom is 0.0728 e. The van der Waals surface area contributed by atoms with E-state index in [0.717, 1.165) is 19.4 Å². The van der Waals surface area contributed by atoms with Crippen molar-refractivity contribution in [3.63, 3.8) is 0 Å². The van der Waals surface area contributed by atoms with Crippen LogP contribution in [0, 0.1) is 5.92 Å². The summed E-state index contributed by atoms with van der Waals surface area (Å²) in [5.74, 6) is 0.449. The number of aliphatic hydroxyl groups is 1. The molecule has 21 heavy (non-hydrogen) atoms. The van der Waals surface area contributed by atoms with E-state index in [0.29, 0.717) is 5.92 Å². The molecule has 1 aliphatic carbocycles. The van der Waals surface area contributed by atoms with Crippen LogP contribution in [0.25, 0.3) is 0 Å². The summed E-state index contributed by atoms with van der Waals surface area (Å²) in [5.41, 5.74) is 0.794. The van der Waals surface area contributed by atoms with Crippen LogP contribution in [-0.4, -0.2) is 35.2 Å². The van der Waals surface area contributed by atoms with Crippen molar-refractivity contribution in [3.8, 4) is 0 Å². The molecule has 2 fully saturated rings. The molecular weight excluding hydrogens is 258 g/mol. The van der Waals surface area contributed by atoms with E-state index in [1.54, 1.807) is 0 Å². The van der Waals surface area contributed by atoms with Gasteiger partial charge in [0.15, 0.2) is 0 Å². The smallest absolute Gasteiger partial charge is 0.0728 e. The molecule has 2 heteroatoms. The van der Waals surface area contributed by atoms with Gasteiger partial charge in [-0.3, -0.25) is 0 Å². The molecule has 1 N–H and O–H groups in total. The van der Waals surface area contributed by atoms with Crippen LogP contribution in [0.2, 0.25) is 0 Å². The maximum absolute atomic E-state index is 11.3. The Labute approximate surface area is 129 Å². The largest absolute Gasteiger partial charge is 0.389 e. The van der Waals surface area contributed by atoms with Gasteiger partial charge < -0.3 is 10.0 Å². The lowest BCUT2D eigenvalue weighted by Gasteiger charge is -2.43. The molecule has 0 aromatic heterocycles. The molecule has 2 nitrogen and oxygen atoms in total. The summed E-state index contributed by atoms with van der Waals surface area (Å²) in [4.78, 5) is 2.59. The topological polar surface area (TPSA) is 23.5 Å². The molecule has 0 bridgehead atoms. The lowest BCUT2D eigenvalue weighted by atomic mass is 9.72. The van der Waals surface area contributed by atoms with E-state index in [-0.39, 0.29) is 0 Å². The fraction of sp³-hybridized carbons (Fsp3) is 0.684. The second-order valence-electron chi connectivity index (χ2n) is 7.07. The van der Waals surface area contributed by atoms with Gasteiger partial charge in [-0.25, -0.2) is 0 Å². The quantitative estimate of drug-likeness (QED) is 0.914. The van der Waals surface area contributed by atoms with E-state index in [9.17, 15) is 5.11 Å². The van der Waals surface area contributed by atoms with Crippen LogP contribution in [0.1, 0.15) is 50.5 Å². The summed E-state index contributed by atoms with van der Waals surface area (Å²) in [6, 6.07) is 10.5. The molecule has 3 rings (SSSR count). The highest BCUT2D eigenvalue weighted by Crippen LogP contribution is 2.37. The lowest BCUT2D eigenvalue weighted by Crippen LogP contribution is -2.48. The average molecular weight is 287 g/mol. The minimum absolute atomic E-state index is 0.449. The maximum atomic E-state index is 11.3. The van der Waals surface area contributed by atoms with Crippen molar-refractivity contribution in [2.75, 3.05) is 19.6 Å². The second-order valence-corrected chi connectivity index (χ2v) is 7.07. The first-order chi connectivity index (χ1) is 10.3. The summed E-state index contributed by atoms with van der Waals surface area (Å²) in [6.45, 7) is 3.57. The van der Waals surface area contributed by atoms with Gasteiger partial charge in [0, 0.05) is 18.9 Å². The van der Waals surface area contributed by atoms with Gasteiger partial charge in [-0.2, -0.15) is 0 Å². The van der Waals surface area contributed by atoms with Gasteiger partial charge in [0.1, 0.15) is 0 Å². The Hall–Kier alpha value is -0.860. The minimum Gasteiger partial charge on any atom is -0.389 e. The molecule has 1 aliphatic heterocycles. The highest BCUT2D eigenvalue weighted by molar-refractivity contribution is 5.18. The summed E-state index contributed by atoms with van der Waals surface area (Å²) in [5, 5.41) is 11.3. The normalized spacial score (nSPS) is 31.2. The number of benzene rings is 1. The van der Waals surface area contributed by atoms with Crippen LogP contribution in [0.5, 0.6) is 0 Å². The fourth-order valence-corrected chi connectivity index (χ4v) is 4.19. The summed E-state index contributed by atoms with van der Waals surface area (Å²) >= 11 is 0. The van der Waals surface area contributed by atoms with E-state index in [1.165, 1.54) is 57.2 Å². The molecule has 0 radical (unpaired) electrons. The van der Waals surface area contributed by atoms with Gasteiger partial charge in [-0.15, -0.1) is 0 Å². The number of piperidine rings is 1. The van der Waals surface area contributed by atoms with Crippen LogP contribution in [0.3, 0.4) is 0 Å². The second kappa shape index (κ2) is 6.93. The molecule has 1 saturated heterocycles. The highest BCUT2D eigenvalue weighted by Gasteiger charge is 2.39. The molecule has 1 saturated carbocycles. The Morgan fingerprint density at radius 3 is 2.52 bits per heavy atom. The van der Waals surface area contributed by atoms with Crippen LogP contribution >= 0.6 is 0 Å². The van der Waals surface area contributed by atoms with Crippen LogP contribution in [0.4, 0.5) is 0 Å². The molecule has 2 aliphatic rings. The zero-order chi connectivity index (χ0) is 14.5. The summed E-state index contributed by atoms with van der Waals surface area (Å²) in [7, 11) is 0. The van der Waals surface area contributed by atoms with Gasteiger partial charge in [-0.1, -0.05) is 49.6 Å². The number of hydrogen-bond donors (Lipinski definition) is 1. The Balaban J connectivity index is 1.67. The summed E-state index contributed by atoms with van der Waals surface area (Å²) < 4.78 is 0. The van der Waals surface area contributed by atoms with E-state index in [2.05, 4.69) is 35.2 Å². The van der Waals surface area contributed by atoms with Crippen molar-refractivity contribution in [3.05, 3.63) is 35.9 Å². The van der Waals surface area contributed by atoms with Crippen LogP contribution in [-0.2, 0) is 6.42 Å². The molecule has 1 aromatic carbocycles. The minimum atomic E-state index is -0.489. The van der Waals surface area contributed by atoms with Gasteiger partial charge in [0.2, 0.25) is 0 Å². The van der Waals surface area contributed by atoms with Crippen molar-refractivity contribution in [1.82, 2.24) is 4.90 Å². The van der Waals surface area contributed by atoms with Crippen molar-refractivity contribution >= 4 is 0 Å². The number of nitrogens with zero attached hydrogens (tertiary/aromatic N) is 1. The Kier molecular flexibility index (Phi) is 4.97. The fourth-order valence-electron chi connectivity index (χ4n) is 4.19. The zero-order valence-electron chi connectivity index (χ0n) is 13.1. The Bertz CT molecular complexity index is 426. The van der Waals surface area contributed by atoms with Crippen molar-refractivity contribution in [2.45, 2.75) is 57.0 Å². The number of likely N-dealkylation sites (tertiary alicyclic amines) is 1. The van der Waals surface area contributed by atoms with Crippen molar-refractivity contribution < 1.29 is 5.11 Å². The van der Waals surface area contributed by atoms with E-state index in [4.69, 9.17) is 0 Å². The molecule has 0 amide bonds. The number of hydrogen-bond acceptors (Lipinski definition) is 2. The molecule has 2 atom stereocenters. The van der Waals surface area contributed by atoms with E-state index in [1.807, 2.05) is 0 Å². The monoisotopic (exact) mass is 287 g/mol. The SMILES string of the molecule is OC1(Cc2ccccc2)CCCCC1CN1CCCCC1. The number of rotatable bonds is 4. The Morgan fingerprint density at radius 2 is 1.76 bits per heavy atom. The first-order valence-electron chi connectivity index (χ1n) is 8.75. The third kappa shape index (κ3) is 3.87. The molecule has 116 valence electrons.